The first kappa shape index (κ1) is 36.3. The molecule has 11 heteroatoms. The Hall–Kier alpha value is -5.03. The number of rotatable bonds is 5. The molecule has 2 unspecified atom stereocenters. The van der Waals surface area contributed by atoms with E-state index in [0.717, 1.165) is 74.3 Å². The number of imide groups is 2. The fourth-order valence-electron chi connectivity index (χ4n) is 11.8. The SMILES string of the molecule is O=C1CCC(N2C(=O)c3cc4c(cc3C2=O)CN(CC(=O)N2CCC3(CC2)CCN(c2ccc(C5c6ccc(O)cc6CCC56CCCC6)cc2)CC3)C4)C(=O)N1. The highest BCUT2D eigenvalue weighted by atomic mass is 16.3. The molecule has 3 aromatic carbocycles. The highest BCUT2D eigenvalue weighted by Crippen LogP contribution is 2.58. The van der Waals surface area contributed by atoms with Crippen LogP contribution in [-0.4, -0.2) is 88.1 Å². The number of amides is 5. The summed E-state index contributed by atoms with van der Waals surface area (Å²) in [7, 11) is 0. The molecule has 0 radical (unpaired) electrons. The molecule has 3 aromatic rings. The molecule has 2 atom stereocenters. The van der Waals surface area contributed by atoms with Crippen molar-refractivity contribution in [3.05, 3.63) is 93.5 Å². The molecule has 3 saturated heterocycles. The first-order valence-electron chi connectivity index (χ1n) is 21.1. The fraction of sp³-hybridized carbons (Fsp3) is 0.500. The number of benzene rings is 3. The van der Waals surface area contributed by atoms with E-state index in [0.29, 0.717) is 30.2 Å². The third-order valence-electron chi connectivity index (χ3n) is 15.0. The lowest BCUT2D eigenvalue weighted by atomic mass is 9.60. The maximum absolute atomic E-state index is 13.6. The van der Waals surface area contributed by atoms with E-state index in [1.807, 2.05) is 17.0 Å². The first-order valence-corrected chi connectivity index (χ1v) is 21.1. The molecule has 2 N–H and O–H groups in total. The number of carbonyl (C=O) groups excluding carboxylic acids is 5. The lowest BCUT2D eigenvalue weighted by molar-refractivity contribution is -0.137. The molecule has 2 spiro atoms. The Balaban J connectivity index is 0.727. The van der Waals surface area contributed by atoms with Crippen LogP contribution in [0.2, 0.25) is 0 Å². The summed E-state index contributed by atoms with van der Waals surface area (Å²) in [6.45, 7) is 4.90. The number of piperidine rings is 3. The molecule has 0 aromatic heterocycles. The largest absolute Gasteiger partial charge is 0.508 e. The minimum absolute atomic E-state index is 0.0846. The van der Waals surface area contributed by atoms with Gasteiger partial charge in [0.05, 0.1) is 17.7 Å². The maximum atomic E-state index is 13.6. The Bertz CT molecular complexity index is 2130. The molecule has 1 saturated carbocycles. The summed E-state index contributed by atoms with van der Waals surface area (Å²) in [5, 5.41) is 12.5. The summed E-state index contributed by atoms with van der Waals surface area (Å²) < 4.78 is 0. The quantitative estimate of drug-likeness (QED) is 0.319. The van der Waals surface area contributed by atoms with E-state index < -0.39 is 29.7 Å². The number of phenolic OH excluding ortho intramolecular Hbond substituents is 1. The van der Waals surface area contributed by atoms with E-state index in [1.165, 1.54) is 54.5 Å². The van der Waals surface area contributed by atoms with E-state index in [4.69, 9.17) is 0 Å². The summed E-state index contributed by atoms with van der Waals surface area (Å²) in [4.78, 5) is 72.0. The number of nitrogens with zero attached hydrogens (tertiary/aromatic N) is 4. The Morgan fingerprint density at radius 2 is 1.39 bits per heavy atom. The van der Waals surface area contributed by atoms with Gasteiger partial charge in [0.15, 0.2) is 0 Å². The molecule has 10 rings (SSSR count). The average molecular weight is 770 g/mol. The number of aryl methyl sites for hydroxylation is 1. The summed E-state index contributed by atoms with van der Waals surface area (Å²) in [5.74, 6) is -1.15. The number of aromatic hydroxyl groups is 1. The number of fused-ring (bicyclic) bond motifs is 3. The standard InChI is InChI=1S/C46H51N5O6/c52-34-7-8-35-30(23-34)11-14-46(12-1-2-13-46)41(35)29-3-5-33(6-4-29)49-19-15-45(16-20-49)17-21-50(22-18-45)40(54)28-48-26-31-24-36-37(25-32(31)27-48)44(57)51(43(36)56)38-9-10-39(53)47-42(38)55/h3-8,23-25,38,41,52H,1-2,9-22,26-28H2,(H,47,53,55). The van der Waals surface area contributed by atoms with Crippen molar-refractivity contribution in [1.82, 2.24) is 20.0 Å². The van der Waals surface area contributed by atoms with Gasteiger partial charge in [0.1, 0.15) is 11.8 Å². The van der Waals surface area contributed by atoms with Crippen LogP contribution in [0, 0.1) is 10.8 Å². The molecule has 11 nitrogen and oxygen atoms in total. The van der Waals surface area contributed by atoms with E-state index >= 15 is 0 Å². The lowest BCUT2D eigenvalue weighted by Gasteiger charge is -2.47. The van der Waals surface area contributed by atoms with E-state index in [9.17, 15) is 29.1 Å². The molecular formula is C46H51N5O6. The van der Waals surface area contributed by atoms with Crippen LogP contribution in [0.25, 0.3) is 0 Å². The molecule has 0 bridgehead atoms. The number of hydrogen-bond donors (Lipinski definition) is 2. The zero-order valence-electron chi connectivity index (χ0n) is 32.6. The lowest BCUT2D eigenvalue weighted by Crippen LogP contribution is -2.54. The van der Waals surface area contributed by atoms with Crippen molar-refractivity contribution in [3.8, 4) is 5.75 Å². The van der Waals surface area contributed by atoms with Crippen molar-refractivity contribution in [2.24, 2.45) is 10.8 Å². The van der Waals surface area contributed by atoms with Crippen LogP contribution >= 0.6 is 0 Å². The third-order valence-corrected chi connectivity index (χ3v) is 15.0. The summed E-state index contributed by atoms with van der Waals surface area (Å²) >= 11 is 0. The van der Waals surface area contributed by atoms with Gasteiger partial charge in [-0.2, -0.15) is 0 Å². The van der Waals surface area contributed by atoms with Crippen molar-refractivity contribution < 1.29 is 29.1 Å². The molecule has 5 aliphatic heterocycles. The highest BCUT2D eigenvalue weighted by Gasteiger charge is 2.47. The van der Waals surface area contributed by atoms with Gasteiger partial charge in [-0.15, -0.1) is 0 Å². The van der Waals surface area contributed by atoms with Crippen molar-refractivity contribution in [2.45, 2.75) is 102 Å². The molecule has 5 heterocycles. The van der Waals surface area contributed by atoms with Gasteiger partial charge in [-0.25, -0.2) is 0 Å². The van der Waals surface area contributed by atoms with Crippen LogP contribution in [0.3, 0.4) is 0 Å². The van der Waals surface area contributed by atoms with Crippen LogP contribution in [-0.2, 0) is 33.9 Å². The highest BCUT2D eigenvalue weighted by molar-refractivity contribution is 6.23. The molecular weight excluding hydrogens is 719 g/mol. The van der Waals surface area contributed by atoms with Crippen molar-refractivity contribution >= 4 is 35.2 Å². The van der Waals surface area contributed by atoms with Gasteiger partial charge in [-0.05, 0) is 133 Å². The second kappa shape index (κ2) is 13.8. The zero-order valence-corrected chi connectivity index (χ0v) is 32.6. The van der Waals surface area contributed by atoms with E-state index in [-0.39, 0.29) is 41.8 Å². The second-order valence-corrected chi connectivity index (χ2v) is 18.1. The minimum atomic E-state index is -0.985. The predicted molar refractivity (Wildman–Crippen MR) is 213 cm³/mol. The Kier molecular flexibility index (Phi) is 8.81. The van der Waals surface area contributed by atoms with Crippen LogP contribution in [0.4, 0.5) is 5.69 Å². The van der Waals surface area contributed by atoms with Crippen molar-refractivity contribution in [2.75, 3.05) is 37.6 Å². The van der Waals surface area contributed by atoms with Gasteiger partial charge in [-0.3, -0.25) is 39.1 Å². The Morgan fingerprint density at radius 3 is 2.04 bits per heavy atom. The van der Waals surface area contributed by atoms with Gasteiger partial charge < -0.3 is 14.9 Å². The molecule has 7 aliphatic rings. The molecule has 57 heavy (non-hydrogen) atoms. The number of anilines is 1. The van der Waals surface area contributed by atoms with Crippen LogP contribution in [0.5, 0.6) is 5.75 Å². The maximum Gasteiger partial charge on any atom is 0.262 e. The summed E-state index contributed by atoms with van der Waals surface area (Å²) in [6, 6.07) is 18.0. The molecule has 296 valence electrons. The fourth-order valence-corrected chi connectivity index (χ4v) is 11.8. The monoisotopic (exact) mass is 769 g/mol. The number of nitrogens with one attached hydrogen (secondary N) is 1. The Labute approximate surface area is 333 Å². The van der Waals surface area contributed by atoms with Gasteiger partial charge in [0, 0.05) is 57.3 Å². The molecule has 2 aliphatic carbocycles. The first-order chi connectivity index (χ1) is 27.6. The normalized spacial score (nSPS) is 25.2. The third kappa shape index (κ3) is 6.24. The topological polar surface area (TPSA) is 131 Å². The van der Waals surface area contributed by atoms with E-state index in [2.05, 4.69) is 45.4 Å². The molecule has 4 fully saturated rings. The number of phenols is 1. The van der Waals surface area contributed by atoms with E-state index in [1.54, 1.807) is 12.1 Å². The summed E-state index contributed by atoms with van der Waals surface area (Å²) in [5.41, 5.74) is 8.42. The van der Waals surface area contributed by atoms with Gasteiger partial charge in [-0.1, -0.05) is 31.0 Å². The smallest absolute Gasteiger partial charge is 0.262 e. The van der Waals surface area contributed by atoms with Gasteiger partial charge in [0.2, 0.25) is 17.7 Å². The van der Waals surface area contributed by atoms with Gasteiger partial charge >= 0.3 is 0 Å². The Morgan fingerprint density at radius 1 is 0.737 bits per heavy atom. The number of carbonyl (C=O) groups is 5. The van der Waals surface area contributed by atoms with Crippen LogP contribution < -0.4 is 10.2 Å². The minimum Gasteiger partial charge on any atom is -0.508 e. The van der Waals surface area contributed by atoms with Crippen LogP contribution in [0.15, 0.2) is 54.6 Å². The van der Waals surface area contributed by atoms with Crippen molar-refractivity contribution in [1.29, 1.82) is 0 Å². The number of likely N-dealkylation sites (tertiary alicyclic amines) is 1. The second-order valence-electron chi connectivity index (χ2n) is 18.1. The summed E-state index contributed by atoms with van der Waals surface area (Å²) in [6.07, 6.45) is 11.9. The number of hydrogen-bond acceptors (Lipinski definition) is 8. The average Bonchev–Trinajstić information content (AvgIpc) is 3.91. The molecule has 5 amide bonds. The van der Waals surface area contributed by atoms with Gasteiger partial charge in [0.25, 0.3) is 11.8 Å². The zero-order chi connectivity index (χ0) is 39.1. The van der Waals surface area contributed by atoms with Crippen molar-refractivity contribution in [3.63, 3.8) is 0 Å². The predicted octanol–water partition coefficient (Wildman–Crippen LogP) is 5.66. The van der Waals surface area contributed by atoms with Crippen LogP contribution in [0.1, 0.15) is 125 Å².